The quantitative estimate of drug-likeness (QED) is 0.451. The van der Waals surface area contributed by atoms with Crippen LogP contribution in [0, 0.1) is 0 Å². The van der Waals surface area contributed by atoms with Gasteiger partial charge in [0.25, 0.3) is 0 Å². The van der Waals surface area contributed by atoms with Crippen LogP contribution in [0.3, 0.4) is 0 Å². The largest absolute Gasteiger partial charge is 0.497 e. The van der Waals surface area contributed by atoms with Crippen molar-refractivity contribution in [3.05, 3.63) is 65.7 Å². The number of carbonyl (C=O) groups excluding carboxylic acids is 2. The van der Waals surface area contributed by atoms with Crippen molar-refractivity contribution < 1.29 is 19.1 Å². The van der Waals surface area contributed by atoms with Crippen LogP contribution in [0.2, 0.25) is 0 Å². The third-order valence-electron chi connectivity index (χ3n) is 5.22. The first-order valence-electron chi connectivity index (χ1n) is 11.4. The van der Waals surface area contributed by atoms with Gasteiger partial charge in [-0.1, -0.05) is 49.4 Å². The highest BCUT2D eigenvalue weighted by Crippen LogP contribution is 2.18. The number of hydrogen-bond donors (Lipinski definition) is 1. The summed E-state index contributed by atoms with van der Waals surface area (Å²) in [6, 6.07) is 16.9. The van der Waals surface area contributed by atoms with Gasteiger partial charge in [-0.15, -0.1) is 0 Å². The van der Waals surface area contributed by atoms with Crippen molar-refractivity contribution in [2.45, 2.75) is 52.1 Å². The molecule has 0 heterocycles. The maximum atomic E-state index is 13.3. The van der Waals surface area contributed by atoms with Crippen LogP contribution in [0.15, 0.2) is 54.6 Å². The van der Waals surface area contributed by atoms with Gasteiger partial charge in [0, 0.05) is 39.1 Å². The zero-order valence-electron chi connectivity index (χ0n) is 19.5. The summed E-state index contributed by atoms with van der Waals surface area (Å²) < 4.78 is 10.6. The summed E-state index contributed by atoms with van der Waals surface area (Å²) in [6.45, 7) is 6.07. The third kappa shape index (κ3) is 8.35. The molecule has 6 heteroatoms. The number of ether oxygens (including phenoxy) is 2. The maximum absolute atomic E-state index is 13.3. The van der Waals surface area contributed by atoms with Gasteiger partial charge in [0.2, 0.25) is 11.8 Å². The van der Waals surface area contributed by atoms with E-state index in [0.29, 0.717) is 39.1 Å². The Kier molecular flexibility index (Phi) is 11.3. The summed E-state index contributed by atoms with van der Waals surface area (Å²) in [4.78, 5) is 28.1. The summed E-state index contributed by atoms with van der Waals surface area (Å²) in [6.07, 6.45) is 2.33. The van der Waals surface area contributed by atoms with E-state index in [1.807, 2.05) is 68.4 Å². The SMILES string of the molecule is CCCC(=O)N(Cc1ccc(OC)cc1)C(Cc1ccccc1)C(=O)NCCCOCC. The van der Waals surface area contributed by atoms with Crippen LogP contribution in [0.25, 0.3) is 0 Å². The van der Waals surface area contributed by atoms with Crippen molar-refractivity contribution in [2.24, 2.45) is 0 Å². The lowest BCUT2D eigenvalue weighted by Crippen LogP contribution is -2.50. The number of rotatable bonds is 14. The van der Waals surface area contributed by atoms with Gasteiger partial charge in [-0.05, 0) is 43.0 Å². The summed E-state index contributed by atoms with van der Waals surface area (Å²) in [5.74, 6) is 0.602. The molecule has 32 heavy (non-hydrogen) atoms. The predicted octanol–water partition coefficient (Wildman–Crippen LogP) is 3.98. The Balaban J connectivity index is 2.24. The van der Waals surface area contributed by atoms with Gasteiger partial charge in [-0.3, -0.25) is 9.59 Å². The van der Waals surface area contributed by atoms with Gasteiger partial charge in [0.05, 0.1) is 7.11 Å². The standard InChI is InChI=1S/C26H36N2O4/c1-4-10-25(29)28(20-22-13-15-23(31-3)16-14-22)24(19-21-11-7-6-8-12-21)26(30)27-17-9-18-32-5-2/h6-8,11-16,24H,4-5,9-10,17-20H2,1-3H3,(H,27,30). The van der Waals surface area contributed by atoms with E-state index in [1.165, 1.54) is 0 Å². The fourth-order valence-electron chi connectivity index (χ4n) is 3.49. The Labute approximate surface area is 191 Å². The van der Waals surface area contributed by atoms with Crippen LogP contribution in [0.1, 0.15) is 44.2 Å². The van der Waals surface area contributed by atoms with Gasteiger partial charge >= 0.3 is 0 Å². The van der Waals surface area contributed by atoms with Crippen molar-refractivity contribution in [2.75, 3.05) is 26.9 Å². The molecule has 0 aliphatic heterocycles. The van der Waals surface area contributed by atoms with Gasteiger partial charge < -0.3 is 19.7 Å². The number of carbonyl (C=O) groups is 2. The van der Waals surface area contributed by atoms with E-state index in [9.17, 15) is 9.59 Å². The molecule has 2 aromatic rings. The number of hydrogen-bond acceptors (Lipinski definition) is 4. The first kappa shape index (κ1) is 25.4. The van der Waals surface area contributed by atoms with E-state index in [4.69, 9.17) is 9.47 Å². The lowest BCUT2D eigenvalue weighted by Gasteiger charge is -2.31. The normalized spacial score (nSPS) is 11.6. The summed E-state index contributed by atoms with van der Waals surface area (Å²) in [5.41, 5.74) is 1.98. The molecule has 2 amide bonds. The molecule has 0 aliphatic carbocycles. The van der Waals surface area contributed by atoms with Gasteiger partial charge in [-0.2, -0.15) is 0 Å². The minimum Gasteiger partial charge on any atom is -0.497 e. The Morgan fingerprint density at radius 3 is 2.34 bits per heavy atom. The monoisotopic (exact) mass is 440 g/mol. The van der Waals surface area contributed by atoms with Crippen LogP contribution in [0.4, 0.5) is 0 Å². The highest BCUT2D eigenvalue weighted by molar-refractivity contribution is 5.88. The Morgan fingerprint density at radius 1 is 1.00 bits per heavy atom. The van der Waals surface area contributed by atoms with Crippen LogP contribution >= 0.6 is 0 Å². The highest BCUT2D eigenvalue weighted by Gasteiger charge is 2.29. The third-order valence-corrected chi connectivity index (χ3v) is 5.22. The molecule has 0 fully saturated rings. The average Bonchev–Trinajstić information content (AvgIpc) is 2.82. The maximum Gasteiger partial charge on any atom is 0.243 e. The minimum absolute atomic E-state index is 0.0197. The van der Waals surface area contributed by atoms with E-state index in [-0.39, 0.29) is 11.8 Å². The summed E-state index contributed by atoms with van der Waals surface area (Å²) in [5, 5.41) is 3.01. The summed E-state index contributed by atoms with van der Waals surface area (Å²) in [7, 11) is 1.62. The van der Waals surface area contributed by atoms with Crippen molar-refractivity contribution in [3.63, 3.8) is 0 Å². The van der Waals surface area contributed by atoms with Gasteiger partial charge in [0.1, 0.15) is 11.8 Å². The molecule has 0 aliphatic rings. The minimum atomic E-state index is -0.592. The number of amides is 2. The molecular formula is C26H36N2O4. The molecule has 1 atom stereocenters. The fourth-order valence-corrected chi connectivity index (χ4v) is 3.49. The van der Waals surface area contributed by atoms with E-state index < -0.39 is 6.04 Å². The second-order valence-corrected chi connectivity index (χ2v) is 7.67. The molecule has 2 rings (SSSR count). The molecule has 0 bridgehead atoms. The lowest BCUT2D eigenvalue weighted by atomic mass is 10.0. The van der Waals surface area contributed by atoms with E-state index in [1.54, 1.807) is 12.0 Å². The smallest absolute Gasteiger partial charge is 0.243 e. The fraction of sp³-hybridized carbons (Fsp3) is 0.462. The van der Waals surface area contributed by atoms with Crippen molar-refractivity contribution in [1.82, 2.24) is 10.2 Å². The number of benzene rings is 2. The topological polar surface area (TPSA) is 67.9 Å². The summed E-state index contributed by atoms with van der Waals surface area (Å²) >= 11 is 0. The molecule has 0 radical (unpaired) electrons. The molecular weight excluding hydrogens is 404 g/mol. The first-order chi connectivity index (χ1) is 15.6. The van der Waals surface area contributed by atoms with Crippen LogP contribution < -0.4 is 10.1 Å². The zero-order chi connectivity index (χ0) is 23.2. The molecule has 0 aromatic heterocycles. The molecule has 2 aromatic carbocycles. The van der Waals surface area contributed by atoms with Crippen LogP contribution in [-0.2, 0) is 27.3 Å². The number of nitrogens with zero attached hydrogens (tertiary/aromatic N) is 1. The Hall–Kier alpha value is -2.86. The average molecular weight is 441 g/mol. The lowest BCUT2D eigenvalue weighted by molar-refractivity contribution is -0.141. The molecule has 0 saturated carbocycles. The van der Waals surface area contributed by atoms with E-state index >= 15 is 0 Å². The first-order valence-corrected chi connectivity index (χ1v) is 11.4. The molecule has 0 saturated heterocycles. The van der Waals surface area contributed by atoms with Gasteiger partial charge in [0.15, 0.2) is 0 Å². The van der Waals surface area contributed by atoms with E-state index in [0.717, 1.165) is 29.7 Å². The second-order valence-electron chi connectivity index (χ2n) is 7.67. The molecule has 174 valence electrons. The van der Waals surface area contributed by atoms with Crippen molar-refractivity contribution in [1.29, 1.82) is 0 Å². The van der Waals surface area contributed by atoms with Crippen LogP contribution in [-0.4, -0.2) is 49.6 Å². The molecule has 1 unspecified atom stereocenters. The molecule has 6 nitrogen and oxygen atoms in total. The van der Waals surface area contributed by atoms with Crippen molar-refractivity contribution in [3.8, 4) is 5.75 Å². The highest BCUT2D eigenvalue weighted by atomic mass is 16.5. The predicted molar refractivity (Wildman–Crippen MR) is 127 cm³/mol. The number of nitrogens with one attached hydrogen (secondary N) is 1. The number of methoxy groups -OCH3 is 1. The van der Waals surface area contributed by atoms with Crippen molar-refractivity contribution >= 4 is 11.8 Å². The van der Waals surface area contributed by atoms with E-state index in [2.05, 4.69) is 5.32 Å². The molecule has 1 N–H and O–H groups in total. The molecule has 0 spiro atoms. The Morgan fingerprint density at radius 2 is 1.72 bits per heavy atom. The van der Waals surface area contributed by atoms with Crippen LogP contribution in [0.5, 0.6) is 5.75 Å². The zero-order valence-corrected chi connectivity index (χ0v) is 19.5. The Bertz CT molecular complexity index is 808. The second kappa shape index (κ2) is 14.2. The van der Waals surface area contributed by atoms with Gasteiger partial charge in [-0.25, -0.2) is 0 Å².